The summed E-state index contributed by atoms with van der Waals surface area (Å²) in [6.07, 6.45) is -5.84. The molecule has 12 nitrogen and oxygen atoms in total. The lowest BCUT2D eigenvalue weighted by Gasteiger charge is -2.49. The Morgan fingerprint density at radius 3 is 1.84 bits per heavy atom. The van der Waals surface area contributed by atoms with Crippen LogP contribution in [0.15, 0.2) is 53.1 Å². The first kappa shape index (κ1) is 27.2. The molecule has 0 radical (unpaired) electrons. The molecule has 12 heteroatoms. The van der Waals surface area contributed by atoms with Crippen LogP contribution in [0.5, 0.6) is 0 Å². The highest BCUT2D eigenvalue weighted by Gasteiger charge is 2.59. The van der Waals surface area contributed by atoms with Crippen LogP contribution >= 0.6 is 0 Å². The molecule has 1 fully saturated rings. The third kappa shape index (κ3) is 6.87. The van der Waals surface area contributed by atoms with E-state index in [0.29, 0.717) is 5.56 Å². The molecule has 2 aromatic rings. The quantitative estimate of drug-likeness (QED) is 0.394. The summed E-state index contributed by atoms with van der Waals surface area (Å²) in [6.45, 7) is 4.21. The molecule has 1 aromatic carbocycles. The maximum Gasteiger partial charge on any atom is 0.413 e. The molecular weight excluding hydrogens is 490 g/mol. The number of hydrogen-bond acceptors (Lipinski definition) is 11. The van der Waals surface area contributed by atoms with E-state index in [0.717, 1.165) is 32.6 Å². The molecule has 198 valence electrons. The molecule has 0 aliphatic carbocycles. The number of likely N-dealkylation sites (tertiary alicyclic amines) is 1. The van der Waals surface area contributed by atoms with Gasteiger partial charge in [-0.3, -0.25) is 24.1 Å². The van der Waals surface area contributed by atoms with Crippen LogP contribution in [-0.4, -0.2) is 59.4 Å². The van der Waals surface area contributed by atoms with E-state index in [-0.39, 0.29) is 12.4 Å². The van der Waals surface area contributed by atoms with Crippen LogP contribution in [0.3, 0.4) is 0 Å². The average Bonchev–Trinajstić information content (AvgIpc) is 3.35. The van der Waals surface area contributed by atoms with Crippen LogP contribution in [0.4, 0.5) is 4.79 Å². The minimum atomic E-state index is -1.64. The Labute approximate surface area is 212 Å². The third-order valence-corrected chi connectivity index (χ3v) is 5.26. The molecular formula is C25H27NO11. The summed E-state index contributed by atoms with van der Waals surface area (Å²) in [5, 5.41) is 0. The molecule has 0 unspecified atom stereocenters. The molecule has 0 bridgehead atoms. The topological polar surface area (TPSA) is 148 Å². The number of amides is 1. The maximum absolute atomic E-state index is 13.5. The van der Waals surface area contributed by atoms with E-state index in [9.17, 15) is 24.0 Å². The second-order valence-corrected chi connectivity index (χ2v) is 8.13. The Morgan fingerprint density at radius 1 is 0.730 bits per heavy atom. The Kier molecular flexibility index (Phi) is 8.88. The first-order valence-electron chi connectivity index (χ1n) is 11.3. The smallest absolute Gasteiger partial charge is 0.413 e. The lowest BCUT2D eigenvalue weighted by atomic mass is 9.90. The minimum Gasteiger partial charge on any atom is -0.467 e. The summed E-state index contributed by atoms with van der Waals surface area (Å²) >= 11 is 0. The number of carbonyl (C=O) groups is 5. The van der Waals surface area contributed by atoms with Crippen molar-refractivity contribution in [3.05, 3.63) is 60.1 Å². The van der Waals surface area contributed by atoms with Crippen LogP contribution < -0.4 is 0 Å². The predicted molar refractivity (Wildman–Crippen MR) is 122 cm³/mol. The van der Waals surface area contributed by atoms with E-state index < -0.39 is 60.6 Å². The normalized spacial score (nSPS) is 22.9. The molecule has 5 atom stereocenters. The highest BCUT2D eigenvalue weighted by Crippen LogP contribution is 2.41. The molecule has 3 rings (SSSR count). The van der Waals surface area contributed by atoms with Crippen molar-refractivity contribution in [1.82, 2.24) is 4.90 Å². The monoisotopic (exact) mass is 517 g/mol. The number of ether oxygens (including phenoxy) is 5. The van der Waals surface area contributed by atoms with Crippen molar-refractivity contribution < 1.29 is 52.1 Å². The molecule has 1 amide bonds. The van der Waals surface area contributed by atoms with Crippen molar-refractivity contribution in [2.45, 2.75) is 64.9 Å². The van der Waals surface area contributed by atoms with E-state index in [4.69, 9.17) is 28.1 Å². The van der Waals surface area contributed by atoms with Crippen LogP contribution in [0.1, 0.15) is 45.1 Å². The number of hydrogen-bond donors (Lipinski definition) is 0. The van der Waals surface area contributed by atoms with Gasteiger partial charge in [0, 0.05) is 27.7 Å². The zero-order valence-electron chi connectivity index (χ0n) is 20.7. The van der Waals surface area contributed by atoms with Gasteiger partial charge in [0.15, 0.2) is 18.3 Å². The molecule has 37 heavy (non-hydrogen) atoms. The fraction of sp³-hybridized carbons (Fsp3) is 0.400. The number of esters is 4. The van der Waals surface area contributed by atoms with Crippen molar-refractivity contribution in [3.8, 4) is 0 Å². The van der Waals surface area contributed by atoms with Crippen LogP contribution in [-0.2, 0) is 49.5 Å². The Morgan fingerprint density at radius 2 is 1.30 bits per heavy atom. The first-order chi connectivity index (χ1) is 17.6. The summed E-state index contributed by atoms with van der Waals surface area (Å²) < 4.78 is 32.7. The summed E-state index contributed by atoms with van der Waals surface area (Å²) in [4.78, 5) is 62.8. The van der Waals surface area contributed by atoms with E-state index in [1.807, 2.05) is 0 Å². The van der Waals surface area contributed by atoms with Gasteiger partial charge in [-0.1, -0.05) is 30.3 Å². The second kappa shape index (κ2) is 12.1. The van der Waals surface area contributed by atoms with E-state index >= 15 is 0 Å². The second-order valence-electron chi connectivity index (χ2n) is 8.13. The Bertz CT molecular complexity index is 1110. The predicted octanol–water partition coefficient (Wildman–Crippen LogP) is 2.66. The average molecular weight is 517 g/mol. The fourth-order valence-electron chi connectivity index (χ4n) is 4.03. The van der Waals surface area contributed by atoms with Crippen molar-refractivity contribution in [2.75, 3.05) is 0 Å². The van der Waals surface area contributed by atoms with Crippen LogP contribution in [0, 0.1) is 0 Å². The summed E-state index contributed by atoms with van der Waals surface area (Å²) in [5.74, 6) is -3.18. The number of carbonyl (C=O) groups excluding carboxylic acids is 5. The molecule has 0 saturated carbocycles. The van der Waals surface area contributed by atoms with Gasteiger partial charge in [0.05, 0.1) is 6.26 Å². The van der Waals surface area contributed by atoms with Gasteiger partial charge in [0.2, 0.25) is 6.23 Å². The number of benzene rings is 1. The molecule has 2 heterocycles. The SMILES string of the molecule is CC(=O)O[C@H]1[C@@H](OC(C)=O)[C@@H](OC(C)=O)N(C(=O)OCc2ccccc2)[C@H](c2ccco2)[C@H]1OC(C)=O. The molecule has 1 saturated heterocycles. The Balaban J connectivity index is 2.15. The summed E-state index contributed by atoms with van der Waals surface area (Å²) in [6, 6.07) is 10.5. The Hall–Kier alpha value is -4.35. The number of piperidine rings is 1. The zero-order chi connectivity index (χ0) is 27.1. The van der Waals surface area contributed by atoms with Gasteiger partial charge in [0.1, 0.15) is 18.4 Å². The van der Waals surface area contributed by atoms with Gasteiger partial charge in [-0.25, -0.2) is 4.79 Å². The lowest BCUT2D eigenvalue weighted by molar-refractivity contribution is -0.245. The van der Waals surface area contributed by atoms with E-state index in [1.54, 1.807) is 30.3 Å². The van der Waals surface area contributed by atoms with Crippen molar-refractivity contribution in [1.29, 1.82) is 0 Å². The van der Waals surface area contributed by atoms with Gasteiger partial charge in [-0.15, -0.1) is 0 Å². The van der Waals surface area contributed by atoms with E-state index in [2.05, 4.69) is 0 Å². The highest BCUT2D eigenvalue weighted by molar-refractivity contribution is 5.73. The number of rotatable bonds is 7. The molecule has 1 aliphatic rings. The van der Waals surface area contributed by atoms with Gasteiger partial charge >= 0.3 is 30.0 Å². The van der Waals surface area contributed by atoms with Crippen molar-refractivity contribution in [2.24, 2.45) is 0 Å². The first-order valence-corrected chi connectivity index (χ1v) is 11.3. The summed E-state index contributed by atoms with van der Waals surface area (Å²) in [7, 11) is 0. The van der Waals surface area contributed by atoms with Crippen molar-refractivity contribution >= 4 is 30.0 Å². The fourth-order valence-corrected chi connectivity index (χ4v) is 4.03. The van der Waals surface area contributed by atoms with Crippen LogP contribution in [0.2, 0.25) is 0 Å². The third-order valence-electron chi connectivity index (χ3n) is 5.26. The zero-order valence-corrected chi connectivity index (χ0v) is 20.7. The molecule has 1 aliphatic heterocycles. The van der Waals surface area contributed by atoms with Crippen molar-refractivity contribution in [3.63, 3.8) is 0 Å². The lowest BCUT2D eigenvalue weighted by Crippen LogP contribution is -2.67. The van der Waals surface area contributed by atoms with E-state index in [1.165, 1.54) is 18.4 Å². The van der Waals surface area contributed by atoms with Crippen LogP contribution in [0.25, 0.3) is 0 Å². The molecule has 1 aromatic heterocycles. The van der Waals surface area contributed by atoms with Gasteiger partial charge in [0.25, 0.3) is 0 Å². The highest BCUT2D eigenvalue weighted by atomic mass is 16.6. The largest absolute Gasteiger partial charge is 0.467 e. The maximum atomic E-state index is 13.5. The minimum absolute atomic E-state index is 0.0958. The van der Waals surface area contributed by atoms with Gasteiger partial charge < -0.3 is 28.1 Å². The van der Waals surface area contributed by atoms with Gasteiger partial charge in [-0.05, 0) is 17.7 Å². The number of furan rings is 1. The van der Waals surface area contributed by atoms with Gasteiger partial charge in [-0.2, -0.15) is 0 Å². The standard InChI is InChI=1S/C25H27NO11/c1-14(27)34-21-20(19-11-8-12-32-19)26(25(31)33-13-18-9-6-5-7-10-18)24(37-17(4)30)23(36-16(3)29)22(21)35-15(2)28/h5-12,20-24H,13H2,1-4H3/t20-,21-,22-,23-,24-/m1/s1. The molecule has 0 spiro atoms. The summed E-state index contributed by atoms with van der Waals surface area (Å²) in [5.41, 5.74) is 0.664. The number of nitrogens with zero attached hydrogens (tertiary/aromatic N) is 1. The molecule has 0 N–H and O–H groups in total.